The fraction of sp³-hybridized carbons (Fsp3) is 0.875. The van der Waals surface area contributed by atoms with E-state index in [9.17, 15) is 31.1 Å². The van der Waals surface area contributed by atoms with Gasteiger partial charge in [-0.1, -0.05) is 0 Å². The molecule has 1 aliphatic heterocycles. The molecule has 3 nitrogen and oxygen atoms in total. The van der Waals surface area contributed by atoms with Crippen molar-refractivity contribution in [2.45, 2.75) is 24.9 Å². The molecule has 1 N–H and O–H groups in total. The molecule has 0 aromatic heterocycles. The van der Waals surface area contributed by atoms with Gasteiger partial charge in [-0.05, 0) is 6.42 Å². The van der Waals surface area contributed by atoms with Gasteiger partial charge in [0.2, 0.25) is 0 Å². The lowest BCUT2D eigenvalue weighted by Gasteiger charge is -2.36. The highest BCUT2D eigenvalue weighted by atomic mass is 19.4. The lowest BCUT2D eigenvalue weighted by atomic mass is 9.93. The van der Waals surface area contributed by atoms with Crippen molar-refractivity contribution in [3.63, 3.8) is 0 Å². The largest absolute Gasteiger partial charge is 0.471 e. The summed E-state index contributed by atoms with van der Waals surface area (Å²) in [6, 6.07) is 0. The van der Waals surface area contributed by atoms with Crippen molar-refractivity contribution in [3.8, 4) is 0 Å². The molecule has 0 radical (unpaired) electrons. The standard InChI is InChI=1S/C8H9F6NO2/c9-7(10,11)4-1-2-15(3-5(4)16)6(17)8(12,13)14/h4-5,16H,1-3H2/t4-,5-/m1/s1. The van der Waals surface area contributed by atoms with E-state index in [0.29, 0.717) is 0 Å². The highest BCUT2D eigenvalue weighted by Crippen LogP contribution is 2.35. The normalized spacial score (nSPS) is 27.1. The van der Waals surface area contributed by atoms with Crippen molar-refractivity contribution in [2.24, 2.45) is 5.92 Å². The van der Waals surface area contributed by atoms with Gasteiger partial charge in [-0.3, -0.25) is 4.79 Å². The van der Waals surface area contributed by atoms with E-state index in [0.717, 1.165) is 0 Å². The average molecular weight is 265 g/mol. The fourth-order valence-electron chi connectivity index (χ4n) is 1.68. The van der Waals surface area contributed by atoms with Gasteiger partial charge >= 0.3 is 18.3 Å². The van der Waals surface area contributed by atoms with E-state index in [1.54, 1.807) is 0 Å². The Bertz CT molecular complexity index is 299. The van der Waals surface area contributed by atoms with E-state index >= 15 is 0 Å². The number of halogens is 6. The number of aliphatic hydroxyl groups is 1. The second-order valence-electron chi connectivity index (χ2n) is 3.75. The number of hydrogen-bond acceptors (Lipinski definition) is 2. The zero-order valence-electron chi connectivity index (χ0n) is 8.35. The maximum absolute atomic E-state index is 12.3. The monoisotopic (exact) mass is 265 g/mol. The Hall–Kier alpha value is -0.990. The molecule has 1 fully saturated rings. The molecule has 100 valence electrons. The number of piperidine rings is 1. The molecule has 17 heavy (non-hydrogen) atoms. The third-order valence-electron chi connectivity index (χ3n) is 2.53. The van der Waals surface area contributed by atoms with Crippen LogP contribution in [0.4, 0.5) is 26.3 Å². The quantitative estimate of drug-likeness (QED) is 0.671. The van der Waals surface area contributed by atoms with Crippen LogP contribution in [0.2, 0.25) is 0 Å². The molecule has 9 heteroatoms. The molecule has 0 aliphatic carbocycles. The Morgan fingerprint density at radius 1 is 1.18 bits per heavy atom. The summed E-state index contributed by atoms with van der Waals surface area (Å²) in [5.74, 6) is -4.31. The van der Waals surface area contributed by atoms with E-state index in [1.165, 1.54) is 0 Å². The number of alkyl halides is 6. The van der Waals surface area contributed by atoms with Crippen molar-refractivity contribution in [2.75, 3.05) is 13.1 Å². The van der Waals surface area contributed by atoms with Crippen molar-refractivity contribution in [1.82, 2.24) is 4.90 Å². The summed E-state index contributed by atoms with van der Waals surface area (Å²) >= 11 is 0. The van der Waals surface area contributed by atoms with Crippen molar-refractivity contribution < 1.29 is 36.2 Å². The summed E-state index contributed by atoms with van der Waals surface area (Å²) in [6.07, 6.45) is -12.6. The van der Waals surface area contributed by atoms with E-state index in [2.05, 4.69) is 0 Å². The minimum absolute atomic E-state index is 0.187. The third-order valence-corrected chi connectivity index (χ3v) is 2.53. The molecule has 1 amide bonds. The molecule has 0 aromatic rings. The van der Waals surface area contributed by atoms with Gasteiger partial charge in [0.15, 0.2) is 0 Å². The first-order chi connectivity index (χ1) is 7.53. The van der Waals surface area contributed by atoms with Crippen LogP contribution >= 0.6 is 0 Å². The van der Waals surface area contributed by atoms with E-state index in [1.807, 2.05) is 0 Å². The molecule has 1 aliphatic rings. The minimum Gasteiger partial charge on any atom is -0.391 e. The number of amides is 1. The molecule has 2 atom stereocenters. The van der Waals surface area contributed by atoms with Gasteiger partial charge in [0.25, 0.3) is 0 Å². The molecule has 1 rings (SSSR count). The minimum atomic E-state index is -5.13. The maximum Gasteiger partial charge on any atom is 0.471 e. The first-order valence-corrected chi connectivity index (χ1v) is 4.64. The number of hydrogen-bond donors (Lipinski definition) is 1. The van der Waals surface area contributed by atoms with Crippen LogP contribution in [-0.4, -0.2) is 47.5 Å². The van der Waals surface area contributed by atoms with Gasteiger partial charge in [-0.2, -0.15) is 26.3 Å². The summed E-state index contributed by atoms with van der Waals surface area (Å²) in [4.78, 5) is 10.9. The molecular weight excluding hydrogens is 256 g/mol. The van der Waals surface area contributed by atoms with Crippen LogP contribution in [0.5, 0.6) is 0 Å². The number of rotatable bonds is 0. The topological polar surface area (TPSA) is 40.5 Å². The van der Waals surface area contributed by atoms with Crippen LogP contribution in [0.15, 0.2) is 0 Å². The van der Waals surface area contributed by atoms with E-state index in [4.69, 9.17) is 5.11 Å². The summed E-state index contributed by atoms with van der Waals surface area (Å²) in [5.41, 5.74) is 0. The molecule has 0 bridgehead atoms. The van der Waals surface area contributed by atoms with Gasteiger partial charge in [0.05, 0.1) is 12.0 Å². The molecule has 1 saturated heterocycles. The SMILES string of the molecule is O=C(N1CC[C@@H](C(F)(F)F)[C@H](O)C1)C(F)(F)F. The summed E-state index contributed by atoms with van der Waals surface area (Å²) < 4.78 is 72.8. The molecule has 0 aromatic carbocycles. The van der Waals surface area contributed by atoms with Crippen molar-refractivity contribution in [1.29, 1.82) is 0 Å². The highest BCUT2D eigenvalue weighted by molar-refractivity contribution is 5.82. The molecular formula is C8H9F6NO2. The Balaban J connectivity index is 2.68. The lowest BCUT2D eigenvalue weighted by Crippen LogP contribution is -2.53. The molecule has 1 heterocycles. The predicted molar refractivity (Wildman–Crippen MR) is 42.8 cm³/mol. The highest BCUT2D eigenvalue weighted by Gasteiger charge is 2.50. The van der Waals surface area contributed by atoms with Gasteiger partial charge < -0.3 is 10.0 Å². The van der Waals surface area contributed by atoms with Gasteiger partial charge in [0, 0.05) is 13.1 Å². The number of carbonyl (C=O) groups is 1. The second-order valence-corrected chi connectivity index (χ2v) is 3.75. The zero-order chi connectivity index (χ0) is 13.4. The predicted octanol–water partition coefficient (Wildman–Crippen LogP) is 1.32. The summed E-state index contributed by atoms with van der Waals surface area (Å²) in [6.45, 7) is -1.62. The average Bonchev–Trinajstić information content (AvgIpc) is 2.12. The van der Waals surface area contributed by atoms with Gasteiger partial charge in [-0.15, -0.1) is 0 Å². The van der Waals surface area contributed by atoms with Crippen LogP contribution < -0.4 is 0 Å². The molecule has 0 saturated carbocycles. The Morgan fingerprint density at radius 2 is 1.71 bits per heavy atom. The number of nitrogens with zero attached hydrogens (tertiary/aromatic N) is 1. The van der Waals surface area contributed by atoms with Crippen LogP contribution in [0.25, 0.3) is 0 Å². The van der Waals surface area contributed by atoms with Gasteiger partial charge in [0.1, 0.15) is 0 Å². The van der Waals surface area contributed by atoms with Crippen LogP contribution in [0.3, 0.4) is 0 Å². The smallest absolute Gasteiger partial charge is 0.391 e. The molecule has 0 unspecified atom stereocenters. The Kier molecular flexibility index (Phi) is 3.60. The van der Waals surface area contributed by atoms with Crippen LogP contribution in [-0.2, 0) is 4.79 Å². The summed E-state index contributed by atoms with van der Waals surface area (Å²) in [5, 5.41) is 9.11. The number of aliphatic hydroxyl groups excluding tert-OH is 1. The van der Waals surface area contributed by atoms with Crippen LogP contribution in [0.1, 0.15) is 6.42 Å². The van der Waals surface area contributed by atoms with E-state index < -0.39 is 49.8 Å². The number of likely N-dealkylation sites (tertiary alicyclic amines) is 1. The third kappa shape index (κ3) is 3.24. The Labute approximate surface area is 92.0 Å². The van der Waals surface area contributed by atoms with Crippen molar-refractivity contribution in [3.05, 3.63) is 0 Å². The molecule has 0 spiro atoms. The summed E-state index contributed by atoms with van der Waals surface area (Å²) in [7, 11) is 0. The fourth-order valence-corrected chi connectivity index (χ4v) is 1.68. The first kappa shape index (κ1) is 14.1. The second kappa shape index (κ2) is 4.35. The van der Waals surface area contributed by atoms with E-state index in [-0.39, 0.29) is 4.90 Å². The maximum atomic E-state index is 12.3. The van der Waals surface area contributed by atoms with Crippen molar-refractivity contribution >= 4 is 5.91 Å². The first-order valence-electron chi connectivity index (χ1n) is 4.64. The number of β-amino-alcohol motifs (C(OH)–C–C–N with tert-alkyl or cyclic N) is 1. The number of carbonyl (C=O) groups excluding carboxylic acids is 1. The van der Waals surface area contributed by atoms with Gasteiger partial charge in [-0.25, -0.2) is 0 Å². The van der Waals surface area contributed by atoms with Crippen LogP contribution in [0, 0.1) is 5.92 Å². The Morgan fingerprint density at radius 3 is 2.06 bits per heavy atom. The lowest BCUT2D eigenvalue weighted by molar-refractivity contribution is -0.219. The zero-order valence-corrected chi connectivity index (χ0v) is 8.35.